The number of hydrogen-bond donors (Lipinski definition) is 0. The minimum absolute atomic E-state index is 1.14. The van der Waals surface area contributed by atoms with E-state index in [0.717, 1.165) is 17.1 Å². The van der Waals surface area contributed by atoms with Gasteiger partial charge in [0.2, 0.25) is 0 Å². The molecule has 0 fully saturated rings. The molecule has 0 N–H and O–H groups in total. The van der Waals surface area contributed by atoms with Crippen LogP contribution in [0.1, 0.15) is 0 Å². The SMILES string of the molecule is c1ccc(N(c2ccccc2)c2cccc3c4cccc5c6c7ccc8c9cccc%10c%11ccccc%11n(c8c7ccc6n(c23)c45)c%109)cc1. The number of anilines is 3. The van der Waals surface area contributed by atoms with Gasteiger partial charge in [-0.3, -0.25) is 0 Å². The van der Waals surface area contributed by atoms with Crippen LogP contribution in [-0.2, 0) is 0 Å². The lowest BCUT2D eigenvalue weighted by Gasteiger charge is -2.26. The fourth-order valence-electron chi connectivity index (χ4n) is 9.08. The average Bonchev–Trinajstić information content (AvgIpc) is 3.90. The first-order chi connectivity index (χ1) is 24.4. The smallest absolute Gasteiger partial charge is 0.0782 e. The molecule has 0 aliphatic carbocycles. The Morgan fingerprint density at radius 2 is 0.735 bits per heavy atom. The van der Waals surface area contributed by atoms with Crippen LogP contribution in [0.3, 0.4) is 0 Å². The summed E-state index contributed by atoms with van der Waals surface area (Å²) in [7, 11) is 0. The molecule has 0 bridgehead atoms. The number of benzene rings is 8. The lowest BCUT2D eigenvalue weighted by molar-refractivity contribution is 1.27. The van der Waals surface area contributed by atoms with Crippen LogP contribution in [0.15, 0.2) is 164 Å². The van der Waals surface area contributed by atoms with Crippen molar-refractivity contribution >= 4 is 104 Å². The third kappa shape index (κ3) is 3.09. The molecular weight excluding hydrogens is 595 g/mol. The second-order valence-corrected chi connectivity index (χ2v) is 13.3. The highest BCUT2D eigenvalue weighted by molar-refractivity contribution is 6.34. The van der Waals surface area contributed by atoms with E-state index in [0.29, 0.717) is 0 Å². The van der Waals surface area contributed by atoms with Crippen molar-refractivity contribution in [3.63, 3.8) is 0 Å². The summed E-state index contributed by atoms with van der Waals surface area (Å²) in [6.07, 6.45) is 0. The van der Waals surface area contributed by atoms with Crippen LogP contribution in [0.25, 0.3) is 87.0 Å². The standard InChI is InChI=1S/C46H27N3/c1-3-12-28(13-4-1)47(29-14-5-2-6-15-29)41-23-11-20-35-33-19-10-21-38-42-31-24-25-37-34-18-9-17-32-30-16-7-8-22-39(30)48(43(32)34)44(37)36(31)26-27-40(42)49(45(33)38)46(35)41/h1-27H. The van der Waals surface area contributed by atoms with Crippen LogP contribution in [0.2, 0.25) is 0 Å². The quantitative estimate of drug-likeness (QED) is 0.191. The molecule has 0 radical (unpaired) electrons. The second-order valence-electron chi connectivity index (χ2n) is 13.3. The molecule has 3 heteroatoms. The van der Waals surface area contributed by atoms with Crippen LogP contribution in [0.5, 0.6) is 0 Å². The largest absolute Gasteiger partial charge is 0.308 e. The van der Waals surface area contributed by atoms with Gasteiger partial charge in [-0.2, -0.15) is 0 Å². The van der Waals surface area contributed by atoms with Crippen molar-refractivity contribution in [1.29, 1.82) is 0 Å². The van der Waals surface area contributed by atoms with Crippen molar-refractivity contribution in [2.45, 2.75) is 0 Å². The topological polar surface area (TPSA) is 12.1 Å². The Morgan fingerprint density at radius 1 is 0.286 bits per heavy atom. The number of para-hydroxylation sites is 6. The van der Waals surface area contributed by atoms with Gasteiger partial charge in [0, 0.05) is 59.9 Å². The van der Waals surface area contributed by atoms with Crippen LogP contribution in [-0.4, -0.2) is 8.80 Å². The summed E-state index contributed by atoms with van der Waals surface area (Å²) in [6.45, 7) is 0. The van der Waals surface area contributed by atoms with E-state index >= 15 is 0 Å². The van der Waals surface area contributed by atoms with E-state index in [4.69, 9.17) is 0 Å². The molecule has 0 unspecified atom stereocenters. The Bertz CT molecular complexity index is 3220. The van der Waals surface area contributed by atoms with Gasteiger partial charge in [-0.05, 0) is 47.9 Å². The van der Waals surface area contributed by atoms with Gasteiger partial charge in [-0.1, -0.05) is 121 Å². The van der Waals surface area contributed by atoms with E-state index in [1.165, 1.54) is 87.0 Å². The Hall–Kier alpha value is -6.58. The maximum Gasteiger partial charge on any atom is 0.0782 e. The van der Waals surface area contributed by atoms with Crippen molar-refractivity contribution < 1.29 is 0 Å². The van der Waals surface area contributed by atoms with E-state index < -0.39 is 0 Å². The summed E-state index contributed by atoms with van der Waals surface area (Å²) in [5.74, 6) is 0. The summed E-state index contributed by atoms with van der Waals surface area (Å²) in [6, 6.07) is 60.2. The minimum Gasteiger partial charge on any atom is -0.308 e. The van der Waals surface area contributed by atoms with Crippen molar-refractivity contribution in [2.24, 2.45) is 0 Å². The highest BCUT2D eigenvalue weighted by Crippen LogP contribution is 2.48. The molecule has 4 heterocycles. The van der Waals surface area contributed by atoms with Gasteiger partial charge in [-0.25, -0.2) is 0 Å². The zero-order valence-electron chi connectivity index (χ0n) is 26.4. The van der Waals surface area contributed by atoms with E-state index in [9.17, 15) is 0 Å². The van der Waals surface area contributed by atoms with Crippen molar-refractivity contribution in [3.8, 4) is 0 Å². The second kappa shape index (κ2) is 9.06. The zero-order valence-corrected chi connectivity index (χ0v) is 26.4. The van der Waals surface area contributed by atoms with Crippen LogP contribution >= 0.6 is 0 Å². The molecule has 8 aromatic carbocycles. The molecule has 0 amide bonds. The molecule has 0 aliphatic rings. The van der Waals surface area contributed by atoms with E-state index in [1.54, 1.807) is 0 Å². The lowest BCUT2D eigenvalue weighted by atomic mass is 9.99. The summed E-state index contributed by atoms with van der Waals surface area (Å²) in [4.78, 5) is 2.40. The summed E-state index contributed by atoms with van der Waals surface area (Å²) in [5.41, 5.74) is 11.1. The molecule has 12 rings (SSSR count). The molecule has 4 aromatic heterocycles. The highest BCUT2D eigenvalue weighted by atomic mass is 15.2. The Kier molecular flexibility index (Phi) is 4.72. The van der Waals surface area contributed by atoms with Gasteiger partial charge in [0.05, 0.1) is 38.8 Å². The normalized spacial score (nSPS) is 12.5. The number of nitrogens with zero attached hydrogens (tertiary/aromatic N) is 3. The number of fused-ring (bicyclic) bond motifs is 15. The van der Waals surface area contributed by atoms with Crippen molar-refractivity contribution in [3.05, 3.63) is 164 Å². The van der Waals surface area contributed by atoms with E-state index in [1.807, 2.05) is 0 Å². The van der Waals surface area contributed by atoms with Gasteiger partial charge in [-0.15, -0.1) is 0 Å². The predicted molar refractivity (Wildman–Crippen MR) is 208 cm³/mol. The predicted octanol–water partition coefficient (Wildman–Crippen LogP) is 12.6. The first kappa shape index (κ1) is 25.5. The van der Waals surface area contributed by atoms with Crippen LogP contribution in [0.4, 0.5) is 17.1 Å². The van der Waals surface area contributed by atoms with E-state index in [2.05, 4.69) is 177 Å². The van der Waals surface area contributed by atoms with Gasteiger partial charge in [0.15, 0.2) is 0 Å². The zero-order chi connectivity index (χ0) is 31.8. The Labute approximate surface area is 280 Å². The monoisotopic (exact) mass is 621 g/mol. The number of hydrogen-bond acceptors (Lipinski definition) is 1. The number of rotatable bonds is 3. The van der Waals surface area contributed by atoms with Gasteiger partial charge in [0.1, 0.15) is 0 Å². The average molecular weight is 622 g/mol. The summed E-state index contributed by atoms with van der Waals surface area (Å²) >= 11 is 0. The van der Waals surface area contributed by atoms with Gasteiger partial charge in [0.25, 0.3) is 0 Å². The van der Waals surface area contributed by atoms with Crippen LogP contribution < -0.4 is 4.90 Å². The maximum absolute atomic E-state index is 2.54. The minimum atomic E-state index is 1.14. The third-order valence-corrected chi connectivity index (χ3v) is 10.9. The fraction of sp³-hybridized carbons (Fsp3) is 0. The molecule has 0 aliphatic heterocycles. The fourth-order valence-corrected chi connectivity index (χ4v) is 9.08. The lowest BCUT2D eigenvalue weighted by Crippen LogP contribution is -2.10. The number of aromatic nitrogens is 2. The highest BCUT2D eigenvalue weighted by Gasteiger charge is 2.25. The Morgan fingerprint density at radius 3 is 1.45 bits per heavy atom. The van der Waals surface area contributed by atoms with Crippen LogP contribution in [0, 0.1) is 0 Å². The summed E-state index contributed by atoms with van der Waals surface area (Å²) < 4.78 is 5.05. The van der Waals surface area contributed by atoms with Gasteiger partial charge >= 0.3 is 0 Å². The molecule has 3 nitrogen and oxygen atoms in total. The molecule has 12 aromatic rings. The van der Waals surface area contributed by atoms with Crippen molar-refractivity contribution in [1.82, 2.24) is 8.80 Å². The first-order valence-corrected chi connectivity index (χ1v) is 17.0. The summed E-state index contributed by atoms with van der Waals surface area (Å²) in [5, 5.41) is 13.0. The molecule has 0 saturated heterocycles. The molecular formula is C46H27N3. The molecule has 0 saturated carbocycles. The Balaban J connectivity index is 1.26. The molecule has 0 atom stereocenters. The van der Waals surface area contributed by atoms with Crippen molar-refractivity contribution in [2.75, 3.05) is 4.90 Å². The third-order valence-electron chi connectivity index (χ3n) is 10.9. The maximum atomic E-state index is 2.54. The van der Waals surface area contributed by atoms with E-state index in [-0.39, 0.29) is 0 Å². The molecule has 226 valence electrons. The van der Waals surface area contributed by atoms with Gasteiger partial charge < -0.3 is 13.7 Å². The molecule has 49 heavy (non-hydrogen) atoms. The first-order valence-electron chi connectivity index (χ1n) is 17.0. The molecule has 0 spiro atoms.